The minimum Gasteiger partial charge on any atom is -0.377 e. The molecule has 0 aliphatic carbocycles. The van der Waals surface area contributed by atoms with Gasteiger partial charge in [0.2, 0.25) is 5.95 Å². The molecule has 6 heteroatoms. The van der Waals surface area contributed by atoms with Gasteiger partial charge in [-0.25, -0.2) is 14.6 Å². The maximum absolute atomic E-state index is 4.63. The third-order valence-corrected chi connectivity index (χ3v) is 3.18. The van der Waals surface area contributed by atoms with E-state index in [1.807, 2.05) is 12.3 Å². The van der Waals surface area contributed by atoms with Crippen molar-refractivity contribution in [3.8, 4) is 5.95 Å². The Bertz CT molecular complexity index is 722. The standard InChI is InChI=1S/C16H18N6/c1-2-5-13-6-3-7-14(21-13)10-19-15-11-20-22(12-15)16-17-8-4-9-18-16/h3-4,6-9,11-12,19H,2,5,10H2,1H3. The molecule has 0 radical (unpaired) electrons. The molecular formula is C16H18N6. The van der Waals surface area contributed by atoms with Crippen LogP contribution in [0, 0.1) is 0 Å². The van der Waals surface area contributed by atoms with Crippen LogP contribution in [-0.2, 0) is 13.0 Å². The lowest BCUT2D eigenvalue weighted by atomic mass is 10.2. The molecule has 6 nitrogen and oxygen atoms in total. The molecule has 1 N–H and O–H groups in total. The van der Waals surface area contributed by atoms with Crippen molar-refractivity contribution < 1.29 is 0 Å². The fourth-order valence-corrected chi connectivity index (χ4v) is 2.15. The number of anilines is 1. The number of aromatic nitrogens is 5. The van der Waals surface area contributed by atoms with Crippen LogP contribution in [0.2, 0.25) is 0 Å². The number of nitrogens with one attached hydrogen (secondary N) is 1. The van der Waals surface area contributed by atoms with Crippen LogP contribution in [-0.4, -0.2) is 24.7 Å². The minimum absolute atomic E-state index is 0.554. The Morgan fingerprint density at radius 2 is 1.91 bits per heavy atom. The van der Waals surface area contributed by atoms with Gasteiger partial charge in [-0.05, 0) is 24.6 Å². The quantitative estimate of drug-likeness (QED) is 0.757. The summed E-state index contributed by atoms with van der Waals surface area (Å²) < 4.78 is 1.64. The molecule has 0 bridgehead atoms. The van der Waals surface area contributed by atoms with Crippen molar-refractivity contribution in [3.63, 3.8) is 0 Å². The second-order valence-electron chi connectivity index (χ2n) is 4.95. The molecule has 0 aromatic carbocycles. The number of hydrogen-bond donors (Lipinski definition) is 1. The predicted molar refractivity (Wildman–Crippen MR) is 84.7 cm³/mol. The second kappa shape index (κ2) is 6.80. The zero-order valence-electron chi connectivity index (χ0n) is 12.5. The summed E-state index contributed by atoms with van der Waals surface area (Å²) in [6.45, 7) is 2.82. The Labute approximate surface area is 129 Å². The summed E-state index contributed by atoms with van der Waals surface area (Å²) in [4.78, 5) is 13.0. The molecular weight excluding hydrogens is 276 g/mol. The van der Waals surface area contributed by atoms with Gasteiger partial charge in [0.25, 0.3) is 0 Å². The molecule has 0 unspecified atom stereocenters. The third kappa shape index (κ3) is 3.46. The fraction of sp³-hybridized carbons (Fsp3) is 0.250. The summed E-state index contributed by atoms with van der Waals surface area (Å²) in [7, 11) is 0. The highest BCUT2D eigenvalue weighted by Gasteiger charge is 2.03. The van der Waals surface area contributed by atoms with E-state index < -0.39 is 0 Å². The summed E-state index contributed by atoms with van der Waals surface area (Å²) in [6.07, 6.45) is 9.13. The highest BCUT2D eigenvalue weighted by Crippen LogP contribution is 2.10. The number of aryl methyl sites for hydroxylation is 1. The lowest BCUT2D eigenvalue weighted by molar-refractivity contribution is 0.808. The molecule has 0 fully saturated rings. The Morgan fingerprint density at radius 1 is 1.09 bits per heavy atom. The highest BCUT2D eigenvalue weighted by molar-refractivity contribution is 5.40. The van der Waals surface area contributed by atoms with Crippen molar-refractivity contribution >= 4 is 5.69 Å². The lowest BCUT2D eigenvalue weighted by Gasteiger charge is -2.05. The van der Waals surface area contributed by atoms with E-state index in [2.05, 4.69) is 44.4 Å². The molecule has 0 spiro atoms. The lowest BCUT2D eigenvalue weighted by Crippen LogP contribution is -2.03. The van der Waals surface area contributed by atoms with Crippen LogP contribution in [0.3, 0.4) is 0 Å². The first-order valence-electron chi connectivity index (χ1n) is 7.36. The zero-order valence-corrected chi connectivity index (χ0v) is 12.5. The van der Waals surface area contributed by atoms with Gasteiger partial charge in [0.1, 0.15) is 0 Å². The van der Waals surface area contributed by atoms with Crippen LogP contribution in [0.25, 0.3) is 5.95 Å². The van der Waals surface area contributed by atoms with Crippen molar-refractivity contribution in [2.75, 3.05) is 5.32 Å². The zero-order chi connectivity index (χ0) is 15.2. The normalized spacial score (nSPS) is 10.6. The first kappa shape index (κ1) is 14.2. The van der Waals surface area contributed by atoms with E-state index in [1.165, 1.54) is 0 Å². The molecule has 3 aromatic heterocycles. The molecule has 112 valence electrons. The SMILES string of the molecule is CCCc1cccc(CNc2cnn(-c3ncccn3)c2)n1. The van der Waals surface area contributed by atoms with Crippen LogP contribution < -0.4 is 5.32 Å². The molecule has 0 amide bonds. The van der Waals surface area contributed by atoms with Gasteiger partial charge in [-0.1, -0.05) is 19.4 Å². The van der Waals surface area contributed by atoms with Crippen molar-refractivity contribution in [2.24, 2.45) is 0 Å². The maximum atomic E-state index is 4.63. The topological polar surface area (TPSA) is 68.5 Å². The number of pyridine rings is 1. The van der Waals surface area contributed by atoms with E-state index in [0.29, 0.717) is 12.5 Å². The van der Waals surface area contributed by atoms with Gasteiger partial charge >= 0.3 is 0 Å². The average molecular weight is 294 g/mol. The van der Waals surface area contributed by atoms with Crippen molar-refractivity contribution in [1.29, 1.82) is 0 Å². The molecule has 3 heterocycles. The first-order valence-corrected chi connectivity index (χ1v) is 7.36. The van der Waals surface area contributed by atoms with E-state index in [0.717, 1.165) is 29.9 Å². The van der Waals surface area contributed by atoms with Crippen molar-refractivity contribution in [1.82, 2.24) is 24.7 Å². The minimum atomic E-state index is 0.554. The number of rotatable bonds is 6. The molecule has 0 aliphatic heterocycles. The second-order valence-corrected chi connectivity index (χ2v) is 4.95. The maximum Gasteiger partial charge on any atom is 0.250 e. The summed E-state index contributed by atoms with van der Waals surface area (Å²) in [6, 6.07) is 7.92. The first-order chi connectivity index (χ1) is 10.8. The van der Waals surface area contributed by atoms with Crippen LogP contribution >= 0.6 is 0 Å². The van der Waals surface area contributed by atoms with E-state index in [4.69, 9.17) is 0 Å². The van der Waals surface area contributed by atoms with E-state index >= 15 is 0 Å². The van der Waals surface area contributed by atoms with Gasteiger partial charge in [-0.3, -0.25) is 4.98 Å². The van der Waals surface area contributed by atoms with Gasteiger partial charge in [-0.15, -0.1) is 0 Å². The monoisotopic (exact) mass is 294 g/mol. The highest BCUT2D eigenvalue weighted by atomic mass is 15.3. The number of hydrogen-bond acceptors (Lipinski definition) is 5. The summed E-state index contributed by atoms with van der Waals surface area (Å²) in [5, 5.41) is 7.57. The summed E-state index contributed by atoms with van der Waals surface area (Å²) >= 11 is 0. The molecule has 3 aromatic rings. The van der Waals surface area contributed by atoms with Gasteiger partial charge in [0.15, 0.2) is 0 Å². The number of nitrogens with zero attached hydrogens (tertiary/aromatic N) is 5. The van der Waals surface area contributed by atoms with Crippen LogP contribution in [0.1, 0.15) is 24.7 Å². The Kier molecular flexibility index (Phi) is 4.38. The van der Waals surface area contributed by atoms with E-state index in [-0.39, 0.29) is 0 Å². The third-order valence-electron chi connectivity index (χ3n) is 3.18. The molecule has 0 saturated heterocycles. The van der Waals surface area contributed by atoms with E-state index in [1.54, 1.807) is 29.3 Å². The Morgan fingerprint density at radius 3 is 2.73 bits per heavy atom. The Balaban J connectivity index is 1.65. The largest absolute Gasteiger partial charge is 0.377 e. The van der Waals surface area contributed by atoms with Crippen LogP contribution in [0.5, 0.6) is 0 Å². The van der Waals surface area contributed by atoms with Gasteiger partial charge in [-0.2, -0.15) is 5.10 Å². The molecule has 22 heavy (non-hydrogen) atoms. The summed E-state index contributed by atoms with van der Waals surface area (Å²) in [5.74, 6) is 0.554. The molecule has 0 aliphatic rings. The molecule has 0 atom stereocenters. The van der Waals surface area contributed by atoms with Crippen LogP contribution in [0.15, 0.2) is 49.1 Å². The van der Waals surface area contributed by atoms with Gasteiger partial charge < -0.3 is 5.32 Å². The Hall–Kier alpha value is -2.76. The van der Waals surface area contributed by atoms with Crippen molar-refractivity contribution in [2.45, 2.75) is 26.3 Å². The molecule has 0 saturated carbocycles. The van der Waals surface area contributed by atoms with E-state index in [9.17, 15) is 0 Å². The van der Waals surface area contributed by atoms with Gasteiger partial charge in [0.05, 0.1) is 30.3 Å². The van der Waals surface area contributed by atoms with Crippen LogP contribution in [0.4, 0.5) is 5.69 Å². The fourth-order valence-electron chi connectivity index (χ4n) is 2.15. The predicted octanol–water partition coefficient (Wildman–Crippen LogP) is 2.62. The summed E-state index contributed by atoms with van der Waals surface area (Å²) in [5.41, 5.74) is 3.07. The molecule has 3 rings (SSSR count). The van der Waals surface area contributed by atoms with Crippen molar-refractivity contribution in [3.05, 3.63) is 60.4 Å². The average Bonchev–Trinajstić information content (AvgIpc) is 3.04. The smallest absolute Gasteiger partial charge is 0.250 e. The van der Waals surface area contributed by atoms with Gasteiger partial charge in [0, 0.05) is 18.1 Å².